The van der Waals surface area contributed by atoms with E-state index >= 15 is 52.7 Å². The molecule has 9 aromatic rings. The summed E-state index contributed by atoms with van der Waals surface area (Å²) in [6.07, 6.45) is -9.84. The summed E-state index contributed by atoms with van der Waals surface area (Å²) in [5.41, 5.74) is -9.20. The van der Waals surface area contributed by atoms with E-state index in [0.29, 0.717) is 160 Å². The predicted octanol–water partition coefficient (Wildman–Crippen LogP) is 21.2. The molecule has 5 aliphatic rings. The van der Waals surface area contributed by atoms with Crippen molar-refractivity contribution >= 4 is 92.7 Å². The van der Waals surface area contributed by atoms with Gasteiger partial charge in [0.1, 0.15) is 33.8 Å². The number of aromatic amines is 4. The third-order valence-electron chi connectivity index (χ3n) is 18.7. The Morgan fingerprint density at radius 2 is 0.762 bits per heavy atom. The molecule has 518 valence electrons. The van der Waals surface area contributed by atoms with Gasteiger partial charge in [-0.2, -0.15) is 52.7 Å². The zero-order chi connectivity index (χ0) is 71.3. The monoisotopic (exact) mass is 1390 g/mol. The molecule has 6 aromatic heterocycles. The summed E-state index contributed by atoms with van der Waals surface area (Å²) in [7, 11) is 3.25. The van der Waals surface area contributed by atoms with E-state index in [1.807, 2.05) is 107 Å². The topological polar surface area (TPSA) is 152 Å². The second kappa shape index (κ2) is 25.3. The SMILES string of the molecule is COC(C)(C)CCOc1ccc(-c2c3nc(c(-c4cc5c(cc4-c4cc6[nH]c4c(C(F)(F)F)c4nc(c(C(F)(F)F)c7ccc([nH]7)c(C(F)(F)F)c7nc(c6C(F)(F)F)C=C7)C=C4)CCC5)c4ccc([nH]4)c(-c4ccc(OCCC(C)(C)OC)cc4)c4nc(cc5ccc2[nH]5)C=C4)C=C3)cc1. The number of halogens is 12. The van der Waals surface area contributed by atoms with Crippen LogP contribution in [0.3, 0.4) is 0 Å². The number of aryl methyl sites for hydroxylation is 2. The normalized spacial score (nSPS) is 14.0. The van der Waals surface area contributed by atoms with Gasteiger partial charge in [0.25, 0.3) is 0 Å². The summed E-state index contributed by atoms with van der Waals surface area (Å²) < 4.78 is 214. The summed E-state index contributed by atoms with van der Waals surface area (Å²) in [5, 5.41) is 0. The molecule has 0 fully saturated rings. The zero-order valence-corrected chi connectivity index (χ0v) is 54.9. The van der Waals surface area contributed by atoms with Crippen LogP contribution >= 0.6 is 0 Å². The largest absolute Gasteiger partial charge is 0.493 e. The van der Waals surface area contributed by atoms with Gasteiger partial charge in [-0.15, -0.1) is 0 Å². The van der Waals surface area contributed by atoms with Crippen LogP contribution in [-0.2, 0) is 47.0 Å². The molecule has 0 saturated heterocycles. The Labute approximate surface area is 569 Å². The van der Waals surface area contributed by atoms with E-state index in [-0.39, 0.29) is 22.4 Å². The summed E-state index contributed by atoms with van der Waals surface area (Å²) in [4.78, 5) is 29.9. The summed E-state index contributed by atoms with van der Waals surface area (Å²) in [5.74, 6) is 1.14. The van der Waals surface area contributed by atoms with Crippen LogP contribution in [0, 0.1) is 0 Å². The Kier molecular flexibility index (Phi) is 17.0. The Morgan fingerprint density at radius 1 is 0.366 bits per heavy atom. The molecular formula is C77H62F12N8O4. The minimum atomic E-state index is -5.61. The van der Waals surface area contributed by atoms with Gasteiger partial charge in [0.2, 0.25) is 0 Å². The second-order valence-electron chi connectivity index (χ2n) is 26.2. The summed E-state index contributed by atoms with van der Waals surface area (Å²) >= 11 is 0. The molecule has 14 rings (SSSR count). The van der Waals surface area contributed by atoms with Gasteiger partial charge in [-0.05, 0) is 202 Å². The third kappa shape index (κ3) is 13.4. The van der Waals surface area contributed by atoms with E-state index in [9.17, 15) is 0 Å². The molecular weight excluding hydrogens is 1330 g/mol. The number of aromatic nitrogens is 8. The van der Waals surface area contributed by atoms with E-state index in [4.69, 9.17) is 28.9 Å². The number of ether oxygens (including phenoxy) is 4. The van der Waals surface area contributed by atoms with E-state index in [1.54, 1.807) is 50.6 Å². The number of hydrogen-bond donors (Lipinski definition) is 4. The van der Waals surface area contributed by atoms with Crippen LogP contribution in [0.15, 0.2) is 109 Å². The predicted molar refractivity (Wildman–Crippen MR) is 367 cm³/mol. The van der Waals surface area contributed by atoms with Crippen LogP contribution in [-0.4, -0.2) is 78.5 Å². The van der Waals surface area contributed by atoms with Crippen molar-refractivity contribution in [3.8, 4) is 56.0 Å². The van der Waals surface area contributed by atoms with Gasteiger partial charge in [0, 0.05) is 71.4 Å². The molecule has 0 saturated carbocycles. The quantitative estimate of drug-likeness (QED) is 0.0786. The molecule has 12 nitrogen and oxygen atoms in total. The van der Waals surface area contributed by atoms with Crippen molar-refractivity contribution in [1.29, 1.82) is 0 Å². The highest BCUT2D eigenvalue weighted by molar-refractivity contribution is 6.04. The smallest absolute Gasteiger partial charge is 0.420 e. The van der Waals surface area contributed by atoms with E-state index in [1.165, 1.54) is 0 Å². The first-order valence-electron chi connectivity index (χ1n) is 32.3. The van der Waals surface area contributed by atoms with Crippen LogP contribution in [0.25, 0.3) is 137 Å². The first-order chi connectivity index (χ1) is 47.9. The lowest BCUT2D eigenvalue weighted by Gasteiger charge is -2.22. The average Bonchev–Trinajstić information content (AvgIpc) is 1.60. The van der Waals surface area contributed by atoms with E-state index < -0.39 is 109 Å². The van der Waals surface area contributed by atoms with Crippen molar-refractivity contribution in [3.05, 3.63) is 188 Å². The maximum Gasteiger partial charge on any atom is 0.420 e. The highest BCUT2D eigenvalue weighted by atomic mass is 19.4. The molecule has 16 bridgehead atoms. The van der Waals surface area contributed by atoms with Crippen LogP contribution in [0.1, 0.15) is 126 Å². The van der Waals surface area contributed by atoms with Crippen LogP contribution in [0.5, 0.6) is 11.5 Å². The van der Waals surface area contributed by atoms with Gasteiger partial charge in [-0.3, -0.25) is 0 Å². The van der Waals surface area contributed by atoms with E-state index in [0.717, 1.165) is 11.6 Å². The number of H-pyrrole nitrogens is 4. The molecule has 0 spiro atoms. The van der Waals surface area contributed by atoms with Crippen molar-refractivity contribution in [2.75, 3.05) is 27.4 Å². The Bertz CT molecular complexity index is 5250. The molecule has 4 N–H and O–H groups in total. The molecule has 1 aliphatic carbocycles. The lowest BCUT2D eigenvalue weighted by Crippen LogP contribution is -2.25. The molecule has 0 radical (unpaired) electrons. The lowest BCUT2D eigenvalue weighted by molar-refractivity contribution is -0.137. The summed E-state index contributed by atoms with van der Waals surface area (Å²) in [6, 6.07) is 29.3. The van der Waals surface area contributed by atoms with Gasteiger partial charge in [0.15, 0.2) is 0 Å². The molecule has 24 heteroatoms. The van der Waals surface area contributed by atoms with Gasteiger partial charge in [0.05, 0.1) is 92.0 Å². The Morgan fingerprint density at radius 3 is 1.27 bits per heavy atom. The van der Waals surface area contributed by atoms with Crippen LogP contribution in [0.4, 0.5) is 52.7 Å². The Balaban J connectivity index is 1.10. The first-order valence-corrected chi connectivity index (χ1v) is 32.3. The number of rotatable bonds is 14. The molecule has 10 heterocycles. The summed E-state index contributed by atoms with van der Waals surface area (Å²) in [6.45, 7) is 8.49. The minimum Gasteiger partial charge on any atom is -0.493 e. The van der Waals surface area contributed by atoms with Crippen LogP contribution in [0.2, 0.25) is 0 Å². The second-order valence-corrected chi connectivity index (χ2v) is 26.2. The molecule has 101 heavy (non-hydrogen) atoms. The van der Waals surface area contributed by atoms with Crippen molar-refractivity contribution in [2.45, 2.75) is 95.7 Å². The van der Waals surface area contributed by atoms with Crippen molar-refractivity contribution < 1.29 is 71.6 Å². The van der Waals surface area contributed by atoms with Gasteiger partial charge < -0.3 is 38.9 Å². The van der Waals surface area contributed by atoms with Gasteiger partial charge in [-0.1, -0.05) is 36.4 Å². The molecule has 3 aromatic carbocycles. The number of methoxy groups -OCH3 is 2. The number of benzene rings is 3. The fourth-order valence-corrected chi connectivity index (χ4v) is 13.2. The number of nitrogens with one attached hydrogen (secondary N) is 4. The number of fused-ring (bicyclic) bond motifs is 17. The Hall–Kier alpha value is -10.5. The lowest BCUT2D eigenvalue weighted by atomic mass is 9.89. The molecule has 0 unspecified atom stereocenters. The van der Waals surface area contributed by atoms with Crippen molar-refractivity contribution in [1.82, 2.24) is 39.9 Å². The number of nitrogens with zero attached hydrogens (tertiary/aromatic N) is 4. The third-order valence-corrected chi connectivity index (χ3v) is 18.7. The fraction of sp³-hybridized carbons (Fsp3) is 0.247. The number of hydrogen-bond acceptors (Lipinski definition) is 8. The zero-order valence-electron chi connectivity index (χ0n) is 54.9. The van der Waals surface area contributed by atoms with Crippen LogP contribution < -0.4 is 9.47 Å². The van der Waals surface area contributed by atoms with Crippen molar-refractivity contribution in [2.24, 2.45) is 0 Å². The van der Waals surface area contributed by atoms with Gasteiger partial charge in [-0.25, -0.2) is 19.9 Å². The maximum atomic E-state index is 16.7. The minimum absolute atomic E-state index is 0.0968. The van der Waals surface area contributed by atoms with E-state index in [2.05, 4.69) is 29.9 Å². The maximum absolute atomic E-state index is 16.7. The highest BCUT2D eigenvalue weighted by Crippen LogP contribution is 2.50. The molecule has 4 aliphatic heterocycles. The van der Waals surface area contributed by atoms with Gasteiger partial charge >= 0.3 is 24.7 Å². The first kappa shape index (κ1) is 67.7. The molecule has 0 atom stereocenters. The fourth-order valence-electron chi connectivity index (χ4n) is 13.2. The average molecular weight is 1390 g/mol. The number of alkyl halides is 12. The highest BCUT2D eigenvalue weighted by Gasteiger charge is 2.43. The standard InChI is InChI=1S/C77H62F12N8O4/c1-72(2,98-5)32-34-100-46-16-10-40(11-17-46)64-51-20-14-44(90-51)38-45-15-21-52(91-45)65(41-12-18-47(19-13-41)101-35-33-73(3,4)99-6)54-23-25-56(93-54)66(55-24-22-53(64)92-55)49-37-43-9-7-8-42(43)36-48(49)50-39-63-69(76(84,85)86)61-29-28-59(95-61)67(74(78,79)80)57-26-27-58(94-57)68(75(81,82)83)60-30-31-62(96-60)70(71(50)97-63)77(87,88)89/h10-31,36-39,90,93-94,97H,7-9,32-35H2,1-6H3. The molecule has 0 amide bonds. The van der Waals surface area contributed by atoms with Crippen molar-refractivity contribution in [3.63, 3.8) is 0 Å².